The molecule has 0 N–H and O–H groups in total. The maximum Gasteiger partial charge on any atom is 0.243 e. The number of benzene rings is 1. The molecule has 0 spiro atoms. The van der Waals surface area contributed by atoms with E-state index in [4.69, 9.17) is 0 Å². The Kier molecular flexibility index (Phi) is 5.03. The first kappa shape index (κ1) is 17.1. The zero-order valence-electron chi connectivity index (χ0n) is 14.2. The van der Waals surface area contributed by atoms with E-state index in [1.807, 2.05) is 17.7 Å². The lowest BCUT2D eigenvalue weighted by atomic mass is 10.2. The Morgan fingerprint density at radius 1 is 1.08 bits per heavy atom. The van der Waals surface area contributed by atoms with E-state index >= 15 is 0 Å². The van der Waals surface area contributed by atoms with Crippen molar-refractivity contribution in [2.45, 2.75) is 31.8 Å². The van der Waals surface area contributed by atoms with Gasteiger partial charge in [0.15, 0.2) is 0 Å². The molecule has 1 fully saturated rings. The van der Waals surface area contributed by atoms with Gasteiger partial charge in [0.1, 0.15) is 0 Å². The van der Waals surface area contributed by atoms with Crippen LogP contribution in [0.3, 0.4) is 0 Å². The first-order valence-corrected chi connectivity index (χ1v) is 9.75. The van der Waals surface area contributed by atoms with Crippen molar-refractivity contribution in [3.8, 4) is 0 Å². The summed E-state index contributed by atoms with van der Waals surface area (Å²) in [4.78, 5) is 2.67. The van der Waals surface area contributed by atoms with Crippen LogP contribution in [0.2, 0.25) is 0 Å². The highest BCUT2D eigenvalue weighted by Crippen LogP contribution is 2.18. The van der Waals surface area contributed by atoms with Crippen molar-refractivity contribution in [2.75, 3.05) is 26.2 Å². The molecule has 0 amide bonds. The van der Waals surface area contributed by atoms with Gasteiger partial charge in [-0.2, -0.15) is 9.40 Å². The van der Waals surface area contributed by atoms with Crippen LogP contribution >= 0.6 is 0 Å². The van der Waals surface area contributed by atoms with Gasteiger partial charge in [-0.1, -0.05) is 18.2 Å². The standard InChI is InChI=1S/C17H24N4O2S/c1-3-20-14-16(15(2)18-20)13-19-9-11-21(12-10-19)24(22,23)17-7-5-4-6-8-17/h4-8,14H,3,9-13H2,1-2H3. The summed E-state index contributed by atoms with van der Waals surface area (Å²) in [6.45, 7) is 8.32. The molecule has 2 aromatic rings. The van der Waals surface area contributed by atoms with Crippen LogP contribution in [0.15, 0.2) is 41.4 Å². The molecule has 130 valence electrons. The number of nitrogens with zero attached hydrogens (tertiary/aromatic N) is 4. The van der Waals surface area contributed by atoms with Crippen LogP contribution in [0.25, 0.3) is 0 Å². The Labute approximate surface area is 143 Å². The van der Waals surface area contributed by atoms with Crippen molar-refractivity contribution in [2.24, 2.45) is 0 Å². The van der Waals surface area contributed by atoms with Crippen LogP contribution in [-0.2, 0) is 23.1 Å². The summed E-state index contributed by atoms with van der Waals surface area (Å²) in [5.74, 6) is 0. The third kappa shape index (κ3) is 3.53. The lowest BCUT2D eigenvalue weighted by Gasteiger charge is -2.33. The first-order chi connectivity index (χ1) is 11.5. The van der Waals surface area contributed by atoms with Crippen LogP contribution < -0.4 is 0 Å². The van der Waals surface area contributed by atoms with Gasteiger partial charge in [-0.15, -0.1) is 0 Å². The quantitative estimate of drug-likeness (QED) is 0.825. The maximum atomic E-state index is 12.6. The molecule has 1 aromatic carbocycles. The molecule has 0 saturated carbocycles. The Hall–Kier alpha value is -1.70. The molecule has 0 atom stereocenters. The van der Waals surface area contributed by atoms with Crippen LogP contribution in [0.5, 0.6) is 0 Å². The van der Waals surface area contributed by atoms with Crippen molar-refractivity contribution in [3.05, 3.63) is 47.8 Å². The zero-order chi connectivity index (χ0) is 17.2. The van der Waals surface area contributed by atoms with E-state index < -0.39 is 10.0 Å². The van der Waals surface area contributed by atoms with E-state index in [0.29, 0.717) is 18.0 Å². The molecule has 0 bridgehead atoms. The fraction of sp³-hybridized carbons (Fsp3) is 0.471. The molecule has 0 radical (unpaired) electrons. The highest BCUT2D eigenvalue weighted by molar-refractivity contribution is 7.89. The number of rotatable bonds is 5. The molecule has 6 nitrogen and oxygen atoms in total. The minimum absolute atomic E-state index is 0.374. The number of hydrogen-bond donors (Lipinski definition) is 0. The van der Waals surface area contributed by atoms with Gasteiger partial charge in [0.2, 0.25) is 10.0 Å². The average molecular weight is 348 g/mol. The maximum absolute atomic E-state index is 12.6. The summed E-state index contributed by atoms with van der Waals surface area (Å²) < 4.78 is 28.8. The lowest BCUT2D eigenvalue weighted by molar-refractivity contribution is 0.181. The first-order valence-electron chi connectivity index (χ1n) is 8.31. The van der Waals surface area contributed by atoms with Gasteiger partial charge in [0.25, 0.3) is 0 Å². The van der Waals surface area contributed by atoms with Crippen molar-refractivity contribution in [1.82, 2.24) is 19.0 Å². The molecule has 0 unspecified atom stereocenters. The minimum Gasteiger partial charge on any atom is -0.296 e. The molecular weight excluding hydrogens is 324 g/mol. The van der Waals surface area contributed by atoms with E-state index in [1.54, 1.807) is 28.6 Å². The second-order valence-corrected chi connectivity index (χ2v) is 8.03. The zero-order valence-corrected chi connectivity index (χ0v) is 15.0. The summed E-state index contributed by atoms with van der Waals surface area (Å²) >= 11 is 0. The van der Waals surface area contributed by atoms with E-state index in [2.05, 4.69) is 23.1 Å². The summed E-state index contributed by atoms with van der Waals surface area (Å²) in [5.41, 5.74) is 2.27. The predicted molar refractivity (Wildman–Crippen MR) is 93.1 cm³/mol. The van der Waals surface area contributed by atoms with Gasteiger partial charge < -0.3 is 0 Å². The number of aryl methyl sites for hydroxylation is 2. The van der Waals surface area contributed by atoms with Crippen LogP contribution in [0, 0.1) is 6.92 Å². The molecule has 0 aliphatic carbocycles. The molecule has 1 saturated heterocycles. The van der Waals surface area contributed by atoms with Gasteiger partial charge >= 0.3 is 0 Å². The number of sulfonamides is 1. The van der Waals surface area contributed by atoms with E-state index in [-0.39, 0.29) is 0 Å². The van der Waals surface area contributed by atoms with Crippen LogP contribution in [0.4, 0.5) is 0 Å². The molecule has 1 aliphatic heterocycles. The molecule has 24 heavy (non-hydrogen) atoms. The third-order valence-electron chi connectivity index (χ3n) is 4.48. The monoisotopic (exact) mass is 348 g/mol. The molecule has 2 heterocycles. The summed E-state index contributed by atoms with van der Waals surface area (Å²) in [6, 6.07) is 8.67. The minimum atomic E-state index is -3.38. The van der Waals surface area contributed by atoms with E-state index in [1.165, 1.54) is 5.56 Å². The van der Waals surface area contributed by atoms with Gasteiger partial charge in [0.05, 0.1) is 10.6 Å². The van der Waals surface area contributed by atoms with Crippen molar-refractivity contribution in [3.63, 3.8) is 0 Å². The summed E-state index contributed by atoms with van der Waals surface area (Å²) in [6.07, 6.45) is 2.09. The Morgan fingerprint density at radius 2 is 1.75 bits per heavy atom. The summed E-state index contributed by atoms with van der Waals surface area (Å²) in [7, 11) is -3.38. The van der Waals surface area contributed by atoms with Gasteiger partial charge in [-0.3, -0.25) is 9.58 Å². The van der Waals surface area contributed by atoms with E-state index in [9.17, 15) is 8.42 Å². The fourth-order valence-corrected chi connectivity index (χ4v) is 4.43. The second-order valence-electron chi connectivity index (χ2n) is 6.09. The van der Waals surface area contributed by atoms with Gasteiger partial charge in [0, 0.05) is 51.0 Å². The molecule has 1 aromatic heterocycles. The molecule has 7 heteroatoms. The van der Waals surface area contributed by atoms with Gasteiger partial charge in [-0.25, -0.2) is 8.42 Å². The fourth-order valence-electron chi connectivity index (χ4n) is 2.99. The average Bonchev–Trinajstić information content (AvgIpc) is 2.96. The number of piperazine rings is 1. The van der Waals surface area contributed by atoms with Gasteiger partial charge in [-0.05, 0) is 26.0 Å². The summed E-state index contributed by atoms with van der Waals surface area (Å²) in [5, 5.41) is 4.47. The SMILES string of the molecule is CCn1cc(CN2CCN(S(=O)(=O)c3ccccc3)CC2)c(C)n1. The molecule has 3 rings (SSSR count). The van der Waals surface area contributed by atoms with Crippen molar-refractivity contribution < 1.29 is 8.42 Å². The predicted octanol–water partition coefficient (Wildman–Crippen LogP) is 1.72. The van der Waals surface area contributed by atoms with Crippen LogP contribution in [0.1, 0.15) is 18.2 Å². The lowest BCUT2D eigenvalue weighted by Crippen LogP contribution is -2.48. The Balaban J connectivity index is 1.62. The second kappa shape index (κ2) is 7.04. The normalized spacial score (nSPS) is 17.2. The Bertz CT molecular complexity index is 778. The van der Waals surface area contributed by atoms with Crippen molar-refractivity contribution >= 4 is 10.0 Å². The molecule has 1 aliphatic rings. The van der Waals surface area contributed by atoms with E-state index in [0.717, 1.165) is 31.9 Å². The van der Waals surface area contributed by atoms with Crippen molar-refractivity contribution in [1.29, 1.82) is 0 Å². The van der Waals surface area contributed by atoms with Crippen LogP contribution in [-0.4, -0.2) is 53.6 Å². The third-order valence-corrected chi connectivity index (χ3v) is 6.39. The highest BCUT2D eigenvalue weighted by atomic mass is 32.2. The smallest absolute Gasteiger partial charge is 0.243 e. The topological polar surface area (TPSA) is 58.4 Å². The number of aromatic nitrogens is 2. The molecular formula is C17H24N4O2S. The number of hydrogen-bond acceptors (Lipinski definition) is 4. The highest BCUT2D eigenvalue weighted by Gasteiger charge is 2.28. The largest absolute Gasteiger partial charge is 0.296 e. The Morgan fingerprint density at radius 3 is 2.33 bits per heavy atom.